The Balaban J connectivity index is 1.47. The molecule has 0 aromatic heterocycles. The highest BCUT2D eigenvalue weighted by molar-refractivity contribution is 6.30. The predicted octanol–water partition coefficient (Wildman–Crippen LogP) is 2.62. The number of carbonyl (C=O) groups is 2. The smallest absolute Gasteiger partial charge is 0.260 e. The van der Waals surface area contributed by atoms with Gasteiger partial charge in [-0.25, -0.2) is 4.39 Å². The SMILES string of the molecule is CC1(C)C(=O)NC1C1CCN(C(=O)COc2ccc(F)c(Cl)c2)CC1. The molecule has 2 amide bonds. The first-order chi connectivity index (χ1) is 11.8. The summed E-state index contributed by atoms with van der Waals surface area (Å²) in [7, 11) is 0. The summed E-state index contributed by atoms with van der Waals surface area (Å²) >= 11 is 5.70. The number of likely N-dealkylation sites (tertiary alicyclic amines) is 1. The molecule has 0 bridgehead atoms. The minimum atomic E-state index is -0.520. The zero-order valence-electron chi connectivity index (χ0n) is 14.4. The number of carbonyl (C=O) groups excluding carboxylic acids is 2. The Hall–Kier alpha value is -1.82. The number of amides is 2. The van der Waals surface area contributed by atoms with E-state index in [2.05, 4.69) is 5.32 Å². The Morgan fingerprint density at radius 1 is 1.40 bits per heavy atom. The first-order valence-corrected chi connectivity index (χ1v) is 8.83. The van der Waals surface area contributed by atoms with Crippen LogP contribution in [0.5, 0.6) is 5.75 Å². The van der Waals surface area contributed by atoms with Gasteiger partial charge in [-0.15, -0.1) is 0 Å². The van der Waals surface area contributed by atoms with Crippen LogP contribution in [0.3, 0.4) is 0 Å². The van der Waals surface area contributed by atoms with Crippen molar-refractivity contribution in [3.8, 4) is 5.75 Å². The number of hydrogen-bond acceptors (Lipinski definition) is 3. The molecule has 0 spiro atoms. The van der Waals surface area contributed by atoms with Crippen LogP contribution in [-0.4, -0.2) is 42.5 Å². The van der Waals surface area contributed by atoms with Crippen molar-refractivity contribution in [2.24, 2.45) is 11.3 Å². The molecule has 3 rings (SSSR count). The maximum Gasteiger partial charge on any atom is 0.260 e. The second-order valence-corrected chi connectivity index (χ2v) is 7.66. The molecule has 2 aliphatic rings. The molecular formula is C18H22ClFN2O3. The summed E-state index contributed by atoms with van der Waals surface area (Å²) in [6.45, 7) is 5.14. The van der Waals surface area contributed by atoms with E-state index >= 15 is 0 Å². The molecule has 2 aliphatic heterocycles. The van der Waals surface area contributed by atoms with Gasteiger partial charge in [-0.3, -0.25) is 9.59 Å². The van der Waals surface area contributed by atoms with Crippen LogP contribution in [0.15, 0.2) is 18.2 Å². The van der Waals surface area contributed by atoms with E-state index in [4.69, 9.17) is 16.3 Å². The summed E-state index contributed by atoms with van der Waals surface area (Å²) < 4.78 is 18.5. The van der Waals surface area contributed by atoms with Crippen molar-refractivity contribution in [3.63, 3.8) is 0 Å². The Morgan fingerprint density at radius 3 is 2.64 bits per heavy atom. The first-order valence-electron chi connectivity index (χ1n) is 8.45. The van der Waals surface area contributed by atoms with Crippen molar-refractivity contribution in [2.75, 3.05) is 19.7 Å². The zero-order chi connectivity index (χ0) is 18.2. The van der Waals surface area contributed by atoms with Crippen molar-refractivity contribution in [2.45, 2.75) is 32.7 Å². The molecule has 5 nitrogen and oxygen atoms in total. The average molecular weight is 369 g/mol. The van der Waals surface area contributed by atoms with Gasteiger partial charge in [0.05, 0.1) is 10.4 Å². The Morgan fingerprint density at radius 2 is 2.08 bits per heavy atom. The van der Waals surface area contributed by atoms with Crippen molar-refractivity contribution >= 4 is 23.4 Å². The van der Waals surface area contributed by atoms with Gasteiger partial charge in [0.25, 0.3) is 5.91 Å². The molecule has 25 heavy (non-hydrogen) atoms. The number of halogens is 2. The van der Waals surface area contributed by atoms with Crippen molar-refractivity contribution in [3.05, 3.63) is 29.0 Å². The van der Waals surface area contributed by atoms with Crippen LogP contribution in [0.2, 0.25) is 5.02 Å². The van der Waals surface area contributed by atoms with Crippen molar-refractivity contribution in [1.29, 1.82) is 0 Å². The third-order valence-electron chi connectivity index (χ3n) is 5.27. The van der Waals surface area contributed by atoms with Crippen LogP contribution in [-0.2, 0) is 9.59 Å². The van der Waals surface area contributed by atoms with Crippen molar-refractivity contribution in [1.82, 2.24) is 10.2 Å². The molecule has 1 atom stereocenters. The van der Waals surface area contributed by atoms with Crippen LogP contribution in [0.25, 0.3) is 0 Å². The average Bonchev–Trinajstić information content (AvgIpc) is 2.60. The minimum absolute atomic E-state index is 0.0316. The topological polar surface area (TPSA) is 58.6 Å². The summed E-state index contributed by atoms with van der Waals surface area (Å²) in [6.07, 6.45) is 1.73. The number of rotatable bonds is 4. The summed E-state index contributed by atoms with van der Waals surface area (Å²) in [6, 6.07) is 4.21. The van der Waals surface area contributed by atoms with E-state index < -0.39 is 5.82 Å². The highest BCUT2D eigenvalue weighted by Gasteiger charge is 2.51. The lowest BCUT2D eigenvalue weighted by Gasteiger charge is -2.50. The van der Waals surface area contributed by atoms with Gasteiger partial charge in [0.1, 0.15) is 11.6 Å². The fraction of sp³-hybridized carbons (Fsp3) is 0.556. The maximum atomic E-state index is 13.1. The summed E-state index contributed by atoms with van der Waals surface area (Å²) in [5.74, 6) is 0.244. The summed E-state index contributed by atoms with van der Waals surface area (Å²) in [5, 5.41) is 2.96. The molecule has 1 aromatic rings. The molecule has 136 valence electrons. The van der Waals surface area contributed by atoms with E-state index in [0.717, 1.165) is 12.8 Å². The van der Waals surface area contributed by atoms with Gasteiger partial charge >= 0.3 is 0 Å². The van der Waals surface area contributed by atoms with Gasteiger partial charge in [0, 0.05) is 25.2 Å². The highest BCUT2D eigenvalue weighted by atomic mass is 35.5. The predicted molar refractivity (Wildman–Crippen MR) is 91.9 cm³/mol. The van der Waals surface area contributed by atoms with Gasteiger partial charge in [-0.2, -0.15) is 0 Å². The fourth-order valence-electron chi connectivity index (χ4n) is 3.56. The van der Waals surface area contributed by atoms with Gasteiger partial charge in [0.2, 0.25) is 5.91 Å². The molecule has 1 aromatic carbocycles. The molecule has 0 radical (unpaired) electrons. The van der Waals surface area contributed by atoms with E-state index in [1.165, 1.54) is 18.2 Å². The molecule has 1 unspecified atom stereocenters. The van der Waals surface area contributed by atoms with Crippen molar-refractivity contribution < 1.29 is 18.7 Å². The van der Waals surface area contributed by atoms with Crippen LogP contribution in [0.4, 0.5) is 4.39 Å². The number of benzene rings is 1. The number of piperidine rings is 1. The van der Waals surface area contributed by atoms with Crippen LogP contribution >= 0.6 is 11.6 Å². The number of hydrogen-bond donors (Lipinski definition) is 1. The van der Waals surface area contributed by atoms with Gasteiger partial charge in [-0.1, -0.05) is 11.6 Å². The van der Waals surface area contributed by atoms with E-state index in [1.807, 2.05) is 13.8 Å². The van der Waals surface area contributed by atoms with E-state index in [9.17, 15) is 14.0 Å². The third-order valence-corrected chi connectivity index (χ3v) is 5.56. The van der Waals surface area contributed by atoms with Crippen LogP contribution in [0, 0.1) is 17.2 Å². The maximum absolute atomic E-state index is 13.1. The normalized spacial score (nSPS) is 23.0. The Bertz CT molecular complexity index is 687. The molecule has 2 heterocycles. The molecule has 7 heteroatoms. The number of nitrogens with zero attached hydrogens (tertiary/aromatic N) is 1. The van der Waals surface area contributed by atoms with Crippen LogP contribution < -0.4 is 10.1 Å². The van der Waals surface area contributed by atoms with Gasteiger partial charge in [-0.05, 0) is 44.7 Å². The second-order valence-electron chi connectivity index (χ2n) is 7.26. The van der Waals surface area contributed by atoms with E-state index in [0.29, 0.717) is 24.8 Å². The zero-order valence-corrected chi connectivity index (χ0v) is 15.1. The third kappa shape index (κ3) is 3.59. The number of β-lactam (4-membered cyclic amide) rings is 1. The Kier molecular flexibility index (Phi) is 4.91. The minimum Gasteiger partial charge on any atom is -0.484 e. The molecule has 2 fully saturated rings. The lowest BCUT2D eigenvalue weighted by atomic mass is 9.68. The quantitative estimate of drug-likeness (QED) is 0.831. The number of nitrogens with one attached hydrogen (secondary N) is 1. The molecule has 0 saturated carbocycles. The highest BCUT2D eigenvalue weighted by Crippen LogP contribution is 2.38. The lowest BCUT2D eigenvalue weighted by Crippen LogP contribution is -2.68. The first kappa shape index (κ1) is 18.0. The molecular weight excluding hydrogens is 347 g/mol. The monoisotopic (exact) mass is 368 g/mol. The summed E-state index contributed by atoms with van der Waals surface area (Å²) in [5.41, 5.74) is -0.318. The molecule has 2 saturated heterocycles. The largest absolute Gasteiger partial charge is 0.484 e. The number of ether oxygens (including phenoxy) is 1. The molecule has 1 N–H and O–H groups in total. The standard InChI is InChI=1S/C18H22ClFN2O3/c1-18(2)16(21-17(18)24)11-5-7-22(8-6-11)15(23)10-25-12-3-4-14(20)13(19)9-12/h3-4,9,11,16H,5-8,10H2,1-2H3,(H,21,24). The van der Waals surface area contributed by atoms with E-state index in [1.54, 1.807) is 4.90 Å². The summed E-state index contributed by atoms with van der Waals surface area (Å²) in [4.78, 5) is 25.7. The van der Waals surface area contributed by atoms with Crippen LogP contribution in [0.1, 0.15) is 26.7 Å². The lowest BCUT2D eigenvalue weighted by molar-refractivity contribution is -0.147. The van der Waals surface area contributed by atoms with E-state index in [-0.39, 0.29) is 34.9 Å². The fourth-order valence-corrected chi connectivity index (χ4v) is 3.73. The van der Waals surface area contributed by atoms with Gasteiger partial charge < -0.3 is 15.0 Å². The molecule has 0 aliphatic carbocycles. The Labute approximate surface area is 151 Å². The second kappa shape index (κ2) is 6.83. The van der Waals surface area contributed by atoms with Gasteiger partial charge in [0.15, 0.2) is 6.61 Å².